The second-order valence-corrected chi connectivity index (χ2v) is 3.65. The van der Waals surface area contributed by atoms with Crippen molar-refractivity contribution in [2.45, 2.75) is 20.0 Å². The number of ether oxygens (including phenoxy) is 2. The molecule has 1 aromatic rings. The van der Waals surface area contributed by atoms with E-state index in [1.54, 1.807) is 7.11 Å². The van der Waals surface area contributed by atoms with Gasteiger partial charge in [-0.2, -0.15) is 0 Å². The first-order chi connectivity index (χ1) is 6.75. The second kappa shape index (κ2) is 5.78. The third-order valence-electron chi connectivity index (χ3n) is 2.10. The smallest absolute Gasteiger partial charge is 0.147 e. The Balaban J connectivity index is 2.68. The van der Waals surface area contributed by atoms with E-state index in [2.05, 4.69) is 26.0 Å². The van der Waals surface area contributed by atoms with Crippen LogP contribution in [-0.2, 0) is 9.47 Å². The average Bonchev–Trinajstić information content (AvgIpc) is 2.19. The Morgan fingerprint density at radius 1 is 1.14 bits per heavy atom. The molecular formula is C12H18O2. The summed E-state index contributed by atoms with van der Waals surface area (Å²) in [5, 5.41) is 0. The van der Waals surface area contributed by atoms with Crippen LogP contribution in [-0.4, -0.2) is 13.9 Å². The molecule has 2 heteroatoms. The second-order valence-electron chi connectivity index (χ2n) is 3.65. The minimum atomic E-state index is 0.121. The fourth-order valence-corrected chi connectivity index (χ4v) is 1.46. The van der Waals surface area contributed by atoms with Gasteiger partial charge in [-0.05, 0) is 11.5 Å². The molecule has 14 heavy (non-hydrogen) atoms. The van der Waals surface area contributed by atoms with E-state index in [1.165, 1.54) is 5.56 Å². The van der Waals surface area contributed by atoms with E-state index in [1.807, 2.05) is 18.2 Å². The maximum atomic E-state index is 5.62. The highest BCUT2D eigenvalue weighted by molar-refractivity contribution is 5.17. The Labute approximate surface area is 85.8 Å². The lowest BCUT2D eigenvalue weighted by atomic mass is 9.99. The van der Waals surface area contributed by atoms with Gasteiger partial charge in [-0.25, -0.2) is 0 Å². The van der Waals surface area contributed by atoms with Crippen molar-refractivity contribution >= 4 is 0 Å². The molecular weight excluding hydrogens is 176 g/mol. The van der Waals surface area contributed by atoms with Gasteiger partial charge in [-0.3, -0.25) is 0 Å². The number of hydrogen-bond donors (Lipinski definition) is 0. The van der Waals surface area contributed by atoms with Gasteiger partial charge in [-0.1, -0.05) is 44.2 Å². The maximum absolute atomic E-state index is 5.62. The van der Waals surface area contributed by atoms with Gasteiger partial charge >= 0.3 is 0 Å². The standard InChI is InChI=1S/C12H18O2/c1-10(2)12(14-9-13-3)11-7-5-4-6-8-11/h4-8,10,12H,9H2,1-3H3. The van der Waals surface area contributed by atoms with Crippen LogP contribution in [0.4, 0.5) is 0 Å². The summed E-state index contributed by atoms with van der Waals surface area (Å²) < 4.78 is 10.5. The van der Waals surface area contributed by atoms with Gasteiger partial charge < -0.3 is 9.47 Å². The zero-order valence-corrected chi connectivity index (χ0v) is 9.07. The van der Waals surface area contributed by atoms with Gasteiger partial charge in [0.2, 0.25) is 0 Å². The third-order valence-corrected chi connectivity index (χ3v) is 2.10. The van der Waals surface area contributed by atoms with Crippen LogP contribution in [0.2, 0.25) is 0 Å². The van der Waals surface area contributed by atoms with Crippen LogP contribution >= 0.6 is 0 Å². The van der Waals surface area contributed by atoms with Gasteiger partial charge in [0.1, 0.15) is 6.79 Å². The monoisotopic (exact) mass is 194 g/mol. The fraction of sp³-hybridized carbons (Fsp3) is 0.500. The molecule has 2 nitrogen and oxygen atoms in total. The molecule has 0 heterocycles. The summed E-state index contributed by atoms with van der Waals surface area (Å²) in [5.41, 5.74) is 1.21. The number of hydrogen-bond acceptors (Lipinski definition) is 2. The van der Waals surface area contributed by atoms with Crippen molar-refractivity contribution in [1.82, 2.24) is 0 Å². The molecule has 0 N–H and O–H groups in total. The molecule has 0 aliphatic heterocycles. The Kier molecular flexibility index (Phi) is 4.63. The van der Waals surface area contributed by atoms with Crippen molar-refractivity contribution in [3.8, 4) is 0 Å². The molecule has 0 aliphatic rings. The van der Waals surface area contributed by atoms with Gasteiger partial charge in [0, 0.05) is 7.11 Å². The van der Waals surface area contributed by atoms with Crippen LogP contribution < -0.4 is 0 Å². The van der Waals surface area contributed by atoms with Gasteiger partial charge in [0.15, 0.2) is 0 Å². The van der Waals surface area contributed by atoms with Crippen molar-refractivity contribution < 1.29 is 9.47 Å². The molecule has 1 rings (SSSR count). The van der Waals surface area contributed by atoms with Gasteiger partial charge in [0.25, 0.3) is 0 Å². The molecule has 1 unspecified atom stereocenters. The summed E-state index contributed by atoms with van der Waals surface area (Å²) >= 11 is 0. The highest BCUT2D eigenvalue weighted by Gasteiger charge is 2.15. The minimum Gasteiger partial charge on any atom is -0.359 e. The first-order valence-electron chi connectivity index (χ1n) is 4.91. The van der Waals surface area contributed by atoms with E-state index < -0.39 is 0 Å². The molecule has 0 aliphatic carbocycles. The van der Waals surface area contributed by atoms with Crippen LogP contribution in [0.25, 0.3) is 0 Å². The van der Waals surface area contributed by atoms with E-state index >= 15 is 0 Å². The Bertz CT molecular complexity index is 244. The summed E-state index contributed by atoms with van der Waals surface area (Å²) in [6.45, 7) is 4.64. The van der Waals surface area contributed by atoms with E-state index in [-0.39, 0.29) is 6.10 Å². The van der Waals surface area contributed by atoms with Crippen LogP contribution in [0.1, 0.15) is 25.5 Å². The average molecular weight is 194 g/mol. The first-order valence-corrected chi connectivity index (χ1v) is 4.91. The van der Waals surface area contributed by atoms with E-state index in [0.29, 0.717) is 12.7 Å². The molecule has 0 bridgehead atoms. The predicted molar refractivity (Wildman–Crippen MR) is 57.0 cm³/mol. The first kappa shape index (κ1) is 11.2. The molecule has 0 fully saturated rings. The fourth-order valence-electron chi connectivity index (χ4n) is 1.46. The highest BCUT2D eigenvalue weighted by atomic mass is 16.7. The van der Waals surface area contributed by atoms with Crippen LogP contribution in [0.15, 0.2) is 30.3 Å². The van der Waals surface area contributed by atoms with Crippen molar-refractivity contribution in [3.05, 3.63) is 35.9 Å². The third kappa shape index (κ3) is 3.13. The molecule has 0 radical (unpaired) electrons. The van der Waals surface area contributed by atoms with E-state index in [0.717, 1.165) is 0 Å². The molecule has 0 aromatic heterocycles. The summed E-state index contributed by atoms with van der Waals surface area (Å²) in [7, 11) is 1.64. The van der Waals surface area contributed by atoms with Crippen molar-refractivity contribution in [2.24, 2.45) is 5.92 Å². The largest absolute Gasteiger partial charge is 0.359 e. The lowest BCUT2D eigenvalue weighted by molar-refractivity contribution is -0.0886. The molecule has 0 spiro atoms. The minimum absolute atomic E-state index is 0.121. The summed E-state index contributed by atoms with van der Waals surface area (Å²) in [4.78, 5) is 0. The topological polar surface area (TPSA) is 18.5 Å². The lowest BCUT2D eigenvalue weighted by Crippen LogP contribution is -2.12. The zero-order valence-electron chi connectivity index (χ0n) is 9.07. The lowest BCUT2D eigenvalue weighted by Gasteiger charge is -2.21. The zero-order chi connectivity index (χ0) is 10.4. The maximum Gasteiger partial charge on any atom is 0.147 e. The quantitative estimate of drug-likeness (QED) is 0.671. The number of methoxy groups -OCH3 is 1. The summed E-state index contributed by atoms with van der Waals surface area (Å²) in [6, 6.07) is 10.2. The van der Waals surface area contributed by atoms with Crippen LogP contribution in [0, 0.1) is 5.92 Å². The van der Waals surface area contributed by atoms with Crippen molar-refractivity contribution in [3.63, 3.8) is 0 Å². The Hall–Kier alpha value is -0.860. The highest BCUT2D eigenvalue weighted by Crippen LogP contribution is 2.25. The molecule has 1 aromatic carbocycles. The molecule has 78 valence electrons. The van der Waals surface area contributed by atoms with Crippen molar-refractivity contribution in [1.29, 1.82) is 0 Å². The molecule has 0 amide bonds. The molecule has 0 saturated carbocycles. The number of benzene rings is 1. The van der Waals surface area contributed by atoms with Gasteiger partial charge in [0.05, 0.1) is 6.10 Å². The predicted octanol–water partition coefficient (Wildman–Crippen LogP) is 3.00. The Morgan fingerprint density at radius 3 is 2.29 bits per heavy atom. The van der Waals surface area contributed by atoms with E-state index in [9.17, 15) is 0 Å². The van der Waals surface area contributed by atoms with Gasteiger partial charge in [-0.15, -0.1) is 0 Å². The summed E-state index contributed by atoms with van der Waals surface area (Å²) in [6.07, 6.45) is 0.121. The van der Waals surface area contributed by atoms with Crippen LogP contribution in [0.5, 0.6) is 0 Å². The normalized spacial score (nSPS) is 13.1. The molecule has 1 atom stereocenters. The Morgan fingerprint density at radius 2 is 1.79 bits per heavy atom. The molecule has 0 saturated heterocycles. The number of rotatable bonds is 5. The van der Waals surface area contributed by atoms with Crippen molar-refractivity contribution in [2.75, 3.05) is 13.9 Å². The SMILES string of the molecule is COCOC(c1ccccc1)C(C)C. The van der Waals surface area contributed by atoms with E-state index in [4.69, 9.17) is 9.47 Å². The van der Waals surface area contributed by atoms with Crippen LogP contribution in [0.3, 0.4) is 0 Å². The summed E-state index contributed by atoms with van der Waals surface area (Å²) in [5.74, 6) is 0.451.